The second-order valence-corrected chi connectivity index (χ2v) is 2.54. The van der Waals surface area contributed by atoms with Crippen LogP contribution < -0.4 is 0 Å². The number of rotatable bonds is 0. The van der Waals surface area contributed by atoms with E-state index in [9.17, 15) is 10.5 Å². The van der Waals surface area contributed by atoms with Gasteiger partial charge in [-0.05, 0) is 0 Å². The molecule has 0 amide bonds. The SMILES string of the molecule is O.O.[F][Zr]([F])([F])[F]. The molecule has 0 aromatic rings. The van der Waals surface area contributed by atoms with Crippen LogP contribution in [0.15, 0.2) is 0 Å². The Labute approximate surface area is 44.7 Å². The Kier molecular flexibility index (Phi) is 10.5. The Morgan fingerprint density at radius 1 is 0.714 bits per heavy atom. The molecule has 0 radical (unpaired) electrons. The van der Waals surface area contributed by atoms with Crippen LogP contribution in [0.25, 0.3) is 0 Å². The van der Waals surface area contributed by atoms with E-state index in [0.29, 0.717) is 0 Å². The monoisotopic (exact) mass is 202 g/mol. The van der Waals surface area contributed by atoms with Crippen molar-refractivity contribution in [2.75, 3.05) is 0 Å². The Hall–Kier alpha value is 0.523. The summed E-state index contributed by atoms with van der Waals surface area (Å²) in [5, 5.41) is 0. The Bertz CT molecular complexity index is 25.2. The molecular weight excluding hydrogens is 199 g/mol. The third-order valence-electron chi connectivity index (χ3n) is 0. The first-order valence-electron chi connectivity index (χ1n) is 0.756. The molecule has 0 aliphatic carbocycles. The molecule has 2 nitrogen and oxygen atoms in total. The predicted molar refractivity (Wildman–Crippen MR) is 11.7 cm³/mol. The molecule has 0 aromatic carbocycles. The van der Waals surface area contributed by atoms with Gasteiger partial charge in [0.15, 0.2) is 0 Å². The van der Waals surface area contributed by atoms with Gasteiger partial charge in [-0.1, -0.05) is 0 Å². The standard InChI is InChI=1S/4FH.2H2O.Zr/h4*1H;2*1H2;/q;;;;;;+4/p-4. The van der Waals surface area contributed by atoms with Crippen LogP contribution in [-0.4, -0.2) is 11.0 Å². The summed E-state index contributed by atoms with van der Waals surface area (Å²) >= 11 is -7.18. The quantitative estimate of drug-likeness (QED) is 0.499. The van der Waals surface area contributed by atoms with Gasteiger partial charge in [-0.15, -0.1) is 0 Å². The van der Waals surface area contributed by atoms with Gasteiger partial charge in [0, 0.05) is 0 Å². The third-order valence-corrected chi connectivity index (χ3v) is 0. The fraction of sp³-hybridized carbons (Fsp3) is 0. The molecule has 48 valence electrons. The van der Waals surface area contributed by atoms with Crippen LogP contribution in [0.3, 0.4) is 0 Å². The van der Waals surface area contributed by atoms with Crippen molar-refractivity contribution in [3.05, 3.63) is 0 Å². The van der Waals surface area contributed by atoms with Gasteiger partial charge in [-0.2, -0.15) is 0 Å². The summed E-state index contributed by atoms with van der Waals surface area (Å²) in [5.74, 6) is 0. The second kappa shape index (κ2) is 4.68. The molecule has 7 heavy (non-hydrogen) atoms. The summed E-state index contributed by atoms with van der Waals surface area (Å²) in [4.78, 5) is 0. The van der Waals surface area contributed by atoms with E-state index in [1.54, 1.807) is 0 Å². The molecule has 7 heteroatoms. The van der Waals surface area contributed by atoms with Crippen LogP contribution in [0.5, 0.6) is 0 Å². The summed E-state index contributed by atoms with van der Waals surface area (Å²) in [6.07, 6.45) is 0. The molecule has 0 heterocycles. The fourth-order valence-corrected chi connectivity index (χ4v) is 0. The van der Waals surface area contributed by atoms with E-state index in [4.69, 9.17) is 0 Å². The molecule has 0 unspecified atom stereocenters. The van der Waals surface area contributed by atoms with Crippen molar-refractivity contribution in [3.8, 4) is 0 Å². The van der Waals surface area contributed by atoms with Crippen molar-refractivity contribution in [2.24, 2.45) is 0 Å². The van der Waals surface area contributed by atoms with E-state index in [1.165, 1.54) is 0 Å². The van der Waals surface area contributed by atoms with Crippen molar-refractivity contribution in [3.63, 3.8) is 0 Å². The number of hydrogen-bond acceptors (Lipinski definition) is 0. The van der Waals surface area contributed by atoms with Gasteiger partial charge in [0.2, 0.25) is 0 Å². The van der Waals surface area contributed by atoms with Crippen molar-refractivity contribution in [1.82, 2.24) is 0 Å². The van der Waals surface area contributed by atoms with E-state index in [-0.39, 0.29) is 11.0 Å². The molecule has 0 atom stereocenters. The molecular formula is H4F4O2Zr. The first kappa shape index (κ1) is 15.6. The molecule has 0 spiro atoms. The summed E-state index contributed by atoms with van der Waals surface area (Å²) in [5.41, 5.74) is 0. The third kappa shape index (κ3) is 488. The van der Waals surface area contributed by atoms with Gasteiger partial charge in [0.05, 0.1) is 0 Å². The first-order valence-corrected chi connectivity index (χ1v) is 4.47. The van der Waals surface area contributed by atoms with Gasteiger partial charge in [0.25, 0.3) is 0 Å². The first-order chi connectivity index (χ1) is 2.00. The average Bonchev–Trinajstić information content (AvgIpc) is 0.722. The molecule has 0 rings (SSSR count). The normalized spacial score (nSPS) is 8.57. The van der Waals surface area contributed by atoms with Gasteiger partial charge in [-0.25, -0.2) is 0 Å². The molecule has 0 fully saturated rings. The van der Waals surface area contributed by atoms with Gasteiger partial charge >= 0.3 is 33.2 Å². The van der Waals surface area contributed by atoms with E-state index >= 15 is 0 Å². The van der Waals surface area contributed by atoms with Crippen LogP contribution in [-0.2, 0) is 22.7 Å². The molecule has 0 aliphatic rings. The van der Waals surface area contributed by atoms with Crippen molar-refractivity contribution >= 4 is 0 Å². The zero-order valence-electron chi connectivity index (χ0n) is 3.01. The molecule has 0 bridgehead atoms. The molecule has 0 aromatic heterocycles. The molecule has 0 saturated heterocycles. The minimum atomic E-state index is -7.18. The van der Waals surface area contributed by atoms with E-state index in [0.717, 1.165) is 0 Å². The van der Waals surface area contributed by atoms with Crippen LogP contribution in [0.4, 0.5) is 10.5 Å². The minimum absolute atomic E-state index is 0. The van der Waals surface area contributed by atoms with Crippen LogP contribution >= 0.6 is 0 Å². The predicted octanol–water partition coefficient (Wildman–Crippen LogP) is 0.0289. The van der Waals surface area contributed by atoms with Crippen LogP contribution in [0.1, 0.15) is 0 Å². The number of hydrogen-bond donors (Lipinski definition) is 0. The maximum atomic E-state index is 9.90. The second-order valence-electron chi connectivity index (χ2n) is 0.429. The Morgan fingerprint density at radius 3 is 0.714 bits per heavy atom. The zero-order chi connectivity index (χ0) is 4.50. The summed E-state index contributed by atoms with van der Waals surface area (Å²) in [7, 11) is 0. The molecule has 4 N–H and O–H groups in total. The molecule has 0 saturated carbocycles. The number of halogens is 4. The fourth-order valence-electron chi connectivity index (χ4n) is 0. The van der Waals surface area contributed by atoms with Crippen molar-refractivity contribution in [2.45, 2.75) is 0 Å². The summed E-state index contributed by atoms with van der Waals surface area (Å²) in [6, 6.07) is 0. The summed E-state index contributed by atoms with van der Waals surface area (Å²) < 4.78 is 39.6. The van der Waals surface area contributed by atoms with Crippen LogP contribution in [0, 0.1) is 0 Å². The van der Waals surface area contributed by atoms with Crippen molar-refractivity contribution < 1.29 is 44.2 Å². The topological polar surface area (TPSA) is 63.0 Å². The van der Waals surface area contributed by atoms with Crippen molar-refractivity contribution in [1.29, 1.82) is 0 Å². The van der Waals surface area contributed by atoms with E-state index in [2.05, 4.69) is 0 Å². The van der Waals surface area contributed by atoms with Gasteiger partial charge in [0.1, 0.15) is 0 Å². The van der Waals surface area contributed by atoms with Gasteiger partial charge in [-0.3, -0.25) is 0 Å². The molecule has 0 aliphatic heterocycles. The maximum absolute atomic E-state index is 9.90. The Morgan fingerprint density at radius 2 is 0.714 bits per heavy atom. The van der Waals surface area contributed by atoms with Crippen LogP contribution in [0.2, 0.25) is 0 Å². The van der Waals surface area contributed by atoms with E-state index < -0.39 is 22.7 Å². The average molecular weight is 203 g/mol. The van der Waals surface area contributed by atoms with E-state index in [1.807, 2.05) is 0 Å². The zero-order valence-corrected chi connectivity index (χ0v) is 5.47. The Balaban J connectivity index is -0.0000000800. The summed E-state index contributed by atoms with van der Waals surface area (Å²) in [6.45, 7) is 0. The van der Waals surface area contributed by atoms with Gasteiger partial charge < -0.3 is 11.0 Å².